The van der Waals surface area contributed by atoms with Gasteiger partial charge < -0.3 is 15.8 Å². The fourth-order valence-electron chi connectivity index (χ4n) is 2.43. The second-order valence-electron chi connectivity index (χ2n) is 4.84. The average Bonchev–Trinajstić information content (AvgIpc) is 2.87. The first kappa shape index (κ1) is 12.9. The van der Waals surface area contributed by atoms with Crippen LogP contribution in [0.25, 0.3) is 0 Å². The molecule has 4 nitrogen and oxygen atoms in total. The number of carbonyl (C=O) groups excluding carboxylic acids is 1. The normalized spacial score (nSPS) is 17.4. The fraction of sp³-hybridized carbons (Fsp3) is 0.500. The quantitative estimate of drug-likeness (QED) is 0.829. The van der Waals surface area contributed by atoms with Crippen molar-refractivity contribution in [2.75, 3.05) is 13.2 Å². The summed E-state index contributed by atoms with van der Waals surface area (Å²) >= 11 is 0. The maximum atomic E-state index is 11.8. The lowest BCUT2D eigenvalue weighted by molar-refractivity contribution is -0.124. The Balaban J connectivity index is 1.82. The molecule has 2 rings (SSSR count). The Bertz CT molecular complexity index is 386. The van der Waals surface area contributed by atoms with E-state index in [0.717, 1.165) is 25.7 Å². The van der Waals surface area contributed by atoms with Crippen molar-refractivity contribution >= 4 is 5.91 Å². The molecule has 98 valence electrons. The lowest BCUT2D eigenvalue weighted by Gasteiger charge is -2.28. The van der Waals surface area contributed by atoms with Gasteiger partial charge in [-0.3, -0.25) is 4.79 Å². The van der Waals surface area contributed by atoms with Crippen LogP contribution in [0, 0.1) is 0 Å². The van der Waals surface area contributed by atoms with Crippen molar-refractivity contribution in [2.24, 2.45) is 5.73 Å². The molecule has 0 unspecified atom stereocenters. The summed E-state index contributed by atoms with van der Waals surface area (Å²) < 4.78 is 5.41. The SMILES string of the molecule is NCC1(NC(=O)COc2ccccc2)CCCC1. The molecule has 0 saturated heterocycles. The van der Waals surface area contributed by atoms with Gasteiger partial charge in [-0.05, 0) is 25.0 Å². The maximum Gasteiger partial charge on any atom is 0.258 e. The van der Waals surface area contributed by atoms with E-state index in [9.17, 15) is 4.79 Å². The maximum absolute atomic E-state index is 11.8. The monoisotopic (exact) mass is 248 g/mol. The molecule has 18 heavy (non-hydrogen) atoms. The summed E-state index contributed by atoms with van der Waals surface area (Å²) in [5.74, 6) is 0.618. The molecule has 0 aliphatic heterocycles. The molecule has 0 atom stereocenters. The number of carbonyl (C=O) groups is 1. The van der Waals surface area contributed by atoms with E-state index < -0.39 is 0 Å². The third kappa shape index (κ3) is 3.23. The van der Waals surface area contributed by atoms with Crippen LogP contribution in [-0.4, -0.2) is 24.6 Å². The van der Waals surface area contributed by atoms with E-state index >= 15 is 0 Å². The van der Waals surface area contributed by atoms with Gasteiger partial charge in [0.1, 0.15) is 5.75 Å². The molecule has 1 aliphatic carbocycles. The third-order valence-corrected chi connectivity index (χ3v) is 3.47. The standard InChI is InChI=1S/C14H20N2O2/c15-11-14(8-4-5-9-14)16-13(17)10-18-12-6-2-1-3-7-12/h1-3,6-7H,4-5,8-11,15H2,(H,16,17). The van der Waals surface area contributed by atoms with Crippen molar-refractivity contribution < 1.29 is 9.53 Å². The van der Waals surface area contributed by atoms with Gasteiger partial charge in [-0.25, -0.2) is 0 Å². The molecule has 0 bridgehead atoms. The Morgan fingerprint density at radius 2 is 1.94 bits per heavy atom. The van der Waals surface area contributed by atoms with Crippen LogP contribution < -0.4 is 15.8 Å². The molecule has 1 aromatic carbocycles. The zero-order chi connectivity index (χ0) is 12.8. The summed E-state index contributed by atoms with van der Waals surface area (Å²) in [7, 11) is 0. The van der Waals surface area contributed by atoms with Crippen molar-refractivity contribution in [2.45, 2.75) is 31.2 Å². The van der Waals surface area contributed by atoms with Gasteiger partial charge in [-0.15, -0.1) is 0 Å². The lowest BCUT2D eigenvalue weighted by Crippen LogP contribution is -2.52. The number of rotatable bonds is 5. The van der Waals surface area contributed by atoms with Crippen LogP contribution in [0.4, 0.5) is 0 Å². The minimum absolute atomic E-state index is 0.0474. The summed E-state index contributed by atoms with van der Waals surface area (Å²) in [6, 6.07) is 9.34. The highest BCUT2D eigenvalue weighted by atomic mass is 16.5. The molecule has 3 N–H and O–H groups in total. The van der Waals surface area contributed by atoms with E-state index in [-0.39, 0.29) is 18.1 Å². The van der Waals surface area contributed by atoms with Gasteiger partial charge in [0, 0.05) is 6.54 Å². The molecule has 0 aromatic heterocycles. The predicted octanol–water partition coefficient (Wildman–Crippen LogP) is 1.45. The Kier molecular flexibility index (Phi) is 4.20. The molecule has 0 radical (unpaired) electrons. The van der Waals surface area contributed by atoms with Crippen molar-refractivity contribution in [1.29, 1.82) is 0 Å². The molecule has 0 heterocycles. The van der Waals surface area contributed by atoms with Crippen molar-refractivity contribution in [3.8, 4) is 5.75 Å². The first-order valence-corrected chi connectivity index (χ1v) is 6.43. The molecule has 1 fully saturated rings. The van der Waals surface area contributed by atoms with Crippen LogP contribution in [0.3, 0.4) is 0 Å². The van der Waals surface area contributed by atoms with Crippen LogP contribution in [-0.2, 0) is 4.79 Å². The zero-order valence-corrected chi connectivity index (χ0v) is 10.5. The summed E-state index contributed by atoms with van der Waals surface area (Å²) in [6.45, 7) is 0.551. The summed E-state index contributed by atoms with van der Waals surface area (Å²) in [5.41, 5.74) is 5.57. The molecule has 4 heteroatoms. The van der Waals surface area contributed by atoms with Gasteiger partial charge in [-0.2, -0.15) is 0 Å². The highest BCUT2D eigenvalue weighted by molar-refractivity contribution is 5.78. The van der Waals surface area contributed by atoms with Gasteiger partial charge in [0.05, 0.1) is 5.54 Å². The number of benzene rings is 1. The highest BCUT2D eigenvalue weighted by Crippen LogP contribution is 2.28. The van der Waals surface area contributed by atoms with E-state index in [1.807, 2.05) is 30.3 Å². The first-order chi connectivity index (χ1) is 8.74. The Morgan fingerprint density at radius 1 is 1.28 bits per heavy atom. The zero-order valence-electron chi connectivity index (χ0n) is 10.5. The summed E-state index contributed by atoms with van der Waals surface area (Å²) in [4.78, 5) is 11.8. The number of para-hydroxylation sites is 1. The number of ether oxygens (including phenoxy) is 1. The molecule has 1 amide bonds. The molecular formula is C14H20N2O2. The Morgan fingerprint density at radius 3 is 2.56 bits per heavy atom. The van der Waals surface area contributed by atoms with E-state index in [4.69, 9.17) is 10.5 Å². The van der Waals surface area contributed by atoms with Crippen molar-refractivity contribution in [3.63, 3.8) is 0 Å². The van der Waals surface area contributed by atoms with Gasteiger partial charge in [0.2, 0.25) is 0 Å². The van der Waals surface area contributed by atoms with Crippen molar-refractivity contribution in [3.05, 3.63) is 30.3 Å². The van der Waals surface area contributed by atoms with Gasteiger partial charge in [-0.1, -0.05) is 31.0 Å². The first-order valence-electron chi connectivity index (χ1n) is 6.43. The molecule has 1 saturated carbocycles. The smallest absolute Gasteiger partial charge is 0.258 e. The van der Waals surface area contributed by atoms with E-state index in [0.29, 0.717) is 12.3 Å². The summed E-state index contributed by atoms with van der Waals surface area (Å²) in [6.07, 6.45) is 4.22. The summed E-state index contributed by atoms with van der Waals surface area (Å²) in [5, 5.41) is 3.02. The average molecular weight is 248 g/mol. The number of nitrogens with two attached hydrogens (primary N) is 1. The number of nitrogens with one attached hydrogen (secondary N) is 1. The molecule has 1 aliphatic rings. The lowest BCUT2D eigenvalue weighted by atomic mass is 9.98. The van der Waals surface area contributed by atoms with Crippen LogP contribution in [0.1, 0.15) is 25.7 Å². The molecule has 0 spiro atoms. The topological polar surface area (TPSA) is 64.3 Å². The van der Waals surface area contributed by atoms with Crippen LogP contribution in [0.15, 0.2) is 30.3 Å². The van der Waals surface area contributed by atoms with Crippen molar-refractivity contribution in [1.82, 2.24) is 5.32 Å². The molecule has 1 aromatic rings. The second kappa shape index (κ2) is 5.87. The second-order valence-corrected chi connectivity index (χ2v) is 4.84. The van der Waals surface area contributed by atoms with E-state index in [2.05, 4.69) is 5.32 Å². The fourth-order valence-corrected chi connectivity index (χ4v) is 2.43. The Labute approximate surface area is 108 Å². The van der Waals surface area contributed by atoms with E-state index in [1.165, 1.54) is 0 Å². The minimum Gasteiger partial charge on any atom is -0.484 e. The van der Waals surface area contributed by atoms with Crippen LogP contribution in [0.2, 0.25) is 0 Å². The number of amides is 1. The Hall–Kier alpha value is -1.55. The predicted molar refractivity (Wildman–Crippen MR) is 70.3 cm³/mol. The largest absolute Gasteiger partial charge is 0.484 e. The van der Waals surface area contributed by atoms with Gasteiger partial charge in [0.25, 0.3) is 5.91 Å². The number of hydrogen-bond acceptors (Lipinski definition) is 3. The molecular weight excluding hydrogens is 228 g/mol. The van der Waals surface area contributed by atoms with Gasteiger partial charge in [0.15, 0.2) is 6.61 Å². The van der Waals surface area contributed by atoms with Crippen LogP contribution >= 0.6 is 0 Å². The number of hydrogen-bond donors (Lipinski definition) is 2. The highest BCUT2D eigenvalue weighted by Gasteiger charge is 2.33. The van der Waals surface area contributed by atoms with E-state index in [1.54, 1.807) is 0 Å². The van der Waals surface area contributed by atoms with Gasteiger partial charge >= 0.3 is 0 Å². The third-order valence-electron chi connectivity index (χ3n) is 3.47. The minimum atomic E-state index is -0.197. The van der Waals surface area contributed by atoms with Crippen LogP contribution in [0.5, 0.6) is 5.75 Å².